The molecular weight excluding hydrogens is 286 g/mol. The highest BCUT2D eigenvalue weighted by Crippen LogP contribution is 2.24. The summed E-state index contributed by atoms with van der Waals surface area (Å²) in [5.74, 6) is -1.88. The molecular formula is C12H15NO6S. The average Bonchev–Trinajstić information content (AvgIpc) is 2.25. The van der Waals surface area contributed by atoms with Crippen LogP contribution < -0.4 is 0 Å². The van der Waals surface area contributed by atoms with Gasteiger partial charge in [-0.2, -0.15) is 0 Å². The molecule has 0 amide bonds. The topological polar surface area (TPSA) is 104 Å². The zero-order valence-electron chi connectivity index (χ0n) is 11.3. The number of para-hydroxylation sites is 1. The minimum Gasteiger partial charge on any atom is -0.459 e. The van der Waals surface area contributed by atoms with Crippen LogP contribution in [0.2, 0.25) is 0 Å². The lowest BCUT2D eigenvalue weighted by Gasteiger charge is -2.19. The van der Waals surface area contributed by atoms with E-state index >= 15 is 0 Å². The van der Waals surface area contributed by atoms with Gasteiger partial charge in [-0.25, -0.2) is 8.42 Å². The summed E-state index contributed by atoms with van der Waals surface area (Å²) in [6.45, 7) is 4.80. The number of esters is 1. The molecule has 0 aliphatic carbocycles. The third-order valence-electron chi connectivity index (χ3n) is 2.12. The van der Waals surface area contributed by atoms with Gasteiger partial charge in [-0.1, -0.05) is 12.1 Å². The zero-order valence-corrected chi connectivity index (χ0v) is 12.1. The summed E-state index contributed by atoms with van der Waals surface area (Å²) < 4.78 is 29.0. The molecule has 0 spiro atoms. The Morgan fingerprint density at radius 3 is 2.35 bits per heavy atom. The van der Waals surface area contributed by atoms with Crippen LogP contribution in [0.4, 0.5) is 5.69 Å². The van der Waals surface area contributed by atoms with Crippen molar-refractivity contribution < 1.29 is 22.9 Å². The van der Waals surface area contributed by atoms with E-state index in [0.29, 0.717) is 0 Å². The molecule has 0 saturated carbocycles. The van der Waals surface area contributed by atoms with Crippen molar-refractivity contribution in [2.24, 2.45) is 0 Å². The molecule has 0 radical (unpaired) electrons. The molecule has 0 unspecified atom stereocenters. The first-order valence-electron chi connectivity index (χ1n) is 5.71. The largest absolute Gasteiger partial charge is 0.459 e. The third-order valence-corrected chi connectivity index (χ3v) is 3.76. The van der Waals surface area contributed by atoms with Crippen LogP contribution in [0.15, 0.2) is 29.2 Å². The Morgan fingerprint density at radius 1 is 1.30 bits per heavy atom. The first kappa shape index (κ1) is 16.1. The highest BCUT2D eigenvalue weighted by molar-refractivity contribution is 7.92. The quantitative estimate of drug-likeness (QED) is 0.476. The molecule has 1 rings (SSSR count). The predicted octanol–water partition coefficient (Wildman–Crippen LogP) is 1.71. The van der Waals surface area contributed by atoms with Gasteiger partial charge in [0.05, 0.1) is 4.92 Å². The maximum atomic E-state index is 12.0. The first-order valence-corrected chi connectivity index (χ1v) is 7.36. The molecule has 0 aliphatic rings. The molecule has 0 bridgehead atoms. The fraction of sp³-hybridized carbons (Fsp3) is 0.417. The van der Waals surface area contributed by atoms with Gasteiger partial charge < -0.3 is 4.74 Å². The van der Waals surface area contributed by atoms with E-state index in [1.807, 2.05) is 0 Å². The number of hydrogen-bond acceptors (Lipinski definition) is 6. The van der Waals surface area contributed by atoms with Gasteiger partial charge in [-0.05, 0) is 26.8 Å². The van der Waals surface area contributed by atoms with Gasteiger partial charge in [-0.15, -0.1) is 0 Å². The Labute approximate surface area is 116 Å². The highest BCUT2D eigenvalue weighted by atomic mass is 32.2. The van der Waals surface area contributed by atoms with Crippen LogP contribution in [-0.4, -0.2) is 30.7 Å². The van der Waals surface area contributed by atoms with Crippen molar-refractivity contribution in [3.63, 3.8) is 0 Å². The predicted molar refractivity (Wildman–Crippen MR) is 71.0 cm³/mol. The van der Waals surface area contributed by atoms with Gasteiger partial charge in [0.15, 0.2) is 15.6 Å². The van der Waals surface area contributed by atoms with Crippen molar-refractivity contribution in [1.82, 2.24) is 0 Å². The second-order valence-corrected chi connectivity index (χ2v) is 7.03. The van der Waals surface area contributed by atoms with E-state index < -0.39 is 42.7 Å². The normalized spacial score (nSPS) is 11.9. The first-order chi connectivity index (χ1) is 9.03. The number of benzene rings is 1. The Balaban J connectivity index is 3.07. The van der Waals surface area contributed by atoms with Crippen LogP contribution >= 0.6 is 0 Å². The zero-order chi connectivity index (χ0) is 15.6. The molecule has 0 aliphatic heterocycles. The molecule has 8 heteroatoms. The number of carbonyl (C=O) groups is 1. The molecule has 1 aromatic rings. The van der Waals surface area contributed by atoms with Crippen molar-refractivity contribution in [3.05, 3.63) is 34.4 Å². The number of rotatable bonds is 4. The minimum atomic E-state index is -4.12. The van der Waals surface area contributed by atoms with Gasteiger partial charge in [-0.3, -0.25) is 14.9 Å². The Bertz CT molecular complexity index is 630. The maximum Gasteiger partial charge on any atom is 0.322 e. The summed E-state index contributed by atoms with van der Waals surface area (Å²) in [6, 6.07) is 4.87. The summed E-state index contributed by atoms with van der Waals surface area (Å²) in [7, 11) is -4.12. The number of hydrogen-bond donors (Lipinski definition) is 0. The molecule has 20 heavy (non-hydrogen) atoms. The second kappa shape index (κ2) is 5.58. The van der Waals surface area contributed by atoms with E-state index in [9.17, 15) is 23.3 Å². The summed E-state index contributed by atoms with van der Waals surface area (Å²) in [5, 5.41) is 10.8. The summed E-state index contributed by atoms with van der Waals surface area (Å²) in [6.07, 6.45) is 0. The number of ether oxygens (including phenoxy) is 1. The van der Waals surface area contributed by atoms with Gasteiger partial charge >= 0.3 is 5.97 Å². The Morgan fingerprint density at radius 2 is 1.85 bits per heavy atom. The minimum absolute atomic E-state index is 0.490. The number of carbonyl (C=O) groups excluding carboxylic acids is 1. The van der Waals surface area contributed by atoms with Crippen LogP contribution in [0.1, 0.15) is 20.8 Å². The fourth-order valence-electron chi connectivity index (χ4n) is 1.47. The molecule has 110 valence electrons. The molecule has 0 saturated heterocycles. The molecule has 0 aromatic heterocycles. The van der Waals surface area contributed by atoms with E-state index in [1.165, 1.54) is 12.1 Å². The molecule has 1 aromatic carbocycles. The lowest BCUT2D eigenvalue weighted by atomic mass is 10.2. The summed E-state index contributed by atoms with van der Waals surface area (Å²) >= 11 is 0. The van der Waals surface area contributed by atoms with Crippen molar-refractivity contribution in [2.45, 2.75) is 31.3 Å². The molecule has 7 nitrogen and oxygen atoms in total. The smallest absolute Gasteiger partial charge is 0.322 e. The van der Waals surface area contributed by atoms with E-state index in [4.69, 9.17) is 4.74 Å². The molecule has 0 heterocycles. The van der Waals surface area contributed by atoms with Crippen LogP contribution in [0.5, 0.6) is 0 Å². The van der Waals surface area contributed by atoms with E-state index in [0.717, 1.165) is 12.1 Å². The number of nitro benzene ring substituents is 1. The van der Waals surface area contributed by atoms with E-state index in [1.54, 1.807) is 20.8 Å². The van der Waals surface area contributed by atoms with Gasteiger partial charge in [0.1, 0.15) is 10.5 Å². The average molecular weight is 301 g/mol. The van der Waals surface area contributed by atoms with Crippen molar-refractivity contribution in [2.75, 3.05) is 5.75 Å². The van der Waals surface area contributed by atoms with Crippen molar-refractivity contribution in [1.29, 1.82) is 0 Å². The lowest BCUT2D eigenvalue weighted by Crippen LogP contribution is -2.28. The number of nitro groups is 1. The van der Waals surface area contributed by atoms with Crippen LogP contribution in [0, 0.1) is 10.1 Å². The number of sulfone groups is 1. The van der Waals surface area contributed by atoms with Gasteiger partial charge in [0.2, 0.25) is 0 Å². The second-order valence-electron chi connectivity index (χ2n) is 5.07. The SMILES string of the molecule is CC(C)(C)OC(=O)CS(=O)(=O)c1ccccc1[N+](=O)[O-]. The monoisotopic (exact) mass is 301 g/mol. The van der Waals surface area contributed by atoms with E-state index in [2.05, 4.69) is 0 Å². The lowest BCUT2D eigenvalue weighted by molar-refractivity contribution is -0.387. The van der Waals surface area contributed by atoms with E-state index in [-0.39, 0.29) is 0 Å². The van der Waals surface area contributed by atoms with Gasteiger partial charge in [0, 0.05) is 6.07 Å². The Hall–Kier alpha value is -1.96. The molecule has 0 fully saturated rings. The summed E-state index contributed by atoms with van der Waals surface area (Å²) in [4.78, 5) is 21.1. The van der Waals surface area contributed by atoms with Crippen molar-refractivity contribution in [3.8, 4) is 0 Å². The fourth-order valence-corrected chi connectivity index (χ4v) is 2.75. The van der Waals surface area contributed by atoms with Crippen LogP contribution in [0.3, 0.4) is 0 Å². The third kappa shape index (κ3) is 4.30. The van der Waals surface area contributed by atoms with Crippen LogP contribution in [0.25, 0.3) is 0 Å². The highest BCUT2D eigenvalue weighted by Gasteiger charge is 2.29. The van der Waals surface area contributed by atoms with Gasteiger partial charge in [0.25, 0.3) is 5.69 Å². The summed E-state index contributed by atoms with van der Waals surface area (Å²) in [5.41, 5.74) is -1.38. The molecule has 0 N–H and O–H groups in total. The number of nitrogens with zero attached hydrogens (tertiary/aromatic N) is 1. The molecule has 0 atom stereocenters. The van der Waals surface area contributed by atoms with Crippen molar-refractivity contribution >= 4 is 21.5 Å². The van der Waals surface area contributed by atoms with Crippen LogP contribution in [-0.2, 0) is 19.4 Å². The maximum absolute atomic E-state index is 12.0. The Kier molecular flexibility index (Phi) is 4.49. The standard InChI is InChI=1S/C12H15NO6S/c1-12(2,3)19-11(14)8-20(17,18)10-7-5-4-6-9(10)13(15)16/h4-7H,8H2,1-3H3.